The minimum absolute atomic E-state index is 0.634. The Morgan fingerprint density at radius 3 is 1.00 bits per heavy atom. The molecular formula is C51H33N3. The van der Waals surface area contributed by atoms with Gasteiger partial charge in [-0.15, -0.1) is 0 Å². The summed E-state index contributed by atoms with van der Waals surface area (Å²) >= 11 is 0. The van der Waals surface area contributed by atoms with Gasteiger partial charge in [0, 0.05) is 16.7 Å². The summed E-state index contributed by atoms with van der Waals surface area (Å²) in [5.41, 5.74) is 9.68. The second kappa shape index (κ2) is 13.4. The van der Waals surface area contributed by atoms with Crippen LogP contribution in [0.1, 0.15) is 0 Å². The third-order valence-corrected chi connectivity index (χ3v) is 10.3. The Kier molecular flexibility index (Phi) is 7.81. The van der Waals surface area contributed by atoms with Crippen molar-refractivity contribution in [2.75, 3.05) is 0 Å². The molecular weight excluding hydrogens is 655 g/mol. The van der Waals surface area contributed by atoms with E-state index in [1.165, 1.54) is 43.4 Å². The molecule has 0 saturated heterocycles. The molecule has 10 aromatic rings. The zero-order valence-corrected chi connectivity index (χ0v) is 29.4. The molecule has 0 saturated carbocycles. The predicted octanol–water partition coefficient (Wildman–Crippen LogP) is 13.3. The van der Waals surface area contributed by atoms with Gasteiger partial charge in [-0.2, -0.15) is 0 Å². The first kappa shape index (κ1) is 31.5. The van der Waals surface area contributed by atoms with Crippen molar-refractivity contribution in [3.05, 3.63) is 200 Å². The molecule has 3 heteroatoms. The maximum Gasteiger partial charge on any atom is 0.164 e. The van der Waals surface area contributed by atoms with Crippen molar-refractivity contribution in [2.45, 2.75) is 0 Å². The van der Waals surface area contributed by atoms with Crippen LogP contribution in [-0.4, -0.2) is 15.0 Å². The fraction of sp³-hybridized carbons (Fsp3) is 0. The van der Waals surface area contributed by atoms with Crippen LogP contribution in [0.2, 0.25) is 0 Å². The number of fused-ring (bicyclic) bond motifs is 6. The summed E-state index contributed by atoms with van der Waals surface area (Å²) in [5, 5.41) is 7.58. The maximum absolute atomic E-state index is 5.14. The molecule has 0 amide bonds. The summed E-state index contributed by atoms with van der Waals surface area (Å²) in [5.74, 6) is 1.91. The van der Waals surface area contributed by atoms with Crippen molar-refractivity contribution in [3.8, 4) is 67.5 Å². The highest BCUT2D eigenvalue weighted by molar-refractivity contribution is 6.25. The average molecular weight is 688 g/mol. The molecule has 0 aliphatic heterocycles. The van der Waals surface area contributed by atoms with Gasteiger partial charge >= 0.3 is 0 Å². The molecule has 9 aromatic carbocycles. The molecule has 0 N–H and O–H groups in total. The number of rotatable bonds is 6. The molecule has 252 valence electrons. The lowest BCUT2D eigenvalue weighted by Gasteiger charge is -2.13. The molecule has 0 bridgehead atoms. The van der Waals surface area contributed by atoms with E-state index < -0.39 is 0 Å². The fourth-order valence-corrected chi connectivity index (χ4v) is 7.62. The van der Waals surface area contributed by atoms with Gasteiger partial charge in [0.05, 0.1) is 0 Å². The molecule has 10 rings (SSSR count). The summed E-state index contributed by atoms with van der Waals surface area (Å²) in [7, 11) is 0. The molecule has 1 heterocycles. The Labute approximate surface area is 313 Å². The maximum atomic E-state index is 5.14. The summed E-state index contributed by atoms with van der Waals surface area (Å²) in [6.45, 7) is 0. The normalized spacial score (nSPS) is 11.3. The van der Waals surface area contributed by atoms with Crippen LogP contribution in [0, 0.1) is 0 Å². The first-order valence-electron chi connectivity index (χ1n) is 18.3. The second-order valence-corrected chi connectivity index (χ2v) is 13.6. The van der Waals surface area contributed by atoms with Crippen molar-refractivity contribution in [2.24, 2.45) is 0 Å². The summed E-state index contributed by atoms with van der Waals surface area (Å²) in [6.07, 6.45) is 0. The highest BCUT2D eigenvalue weighted by atomic mass is 15.0. The zero-order chi connectivity index (χ0) is 35.8. The van der Waals surface area contributed by atoms with Gasteiger partial charge in [-0.1, -0.05) is 176 Å². The van der Waals surface area contributed by atoms with Crippen LogP contribution in [0.15, 0.2) is 200 Å². The summed E-state index contributed by atoms with van der Waals surface area (Å²) in [6, 6.07) is 70.6. The summed E-state index contributed by atoms with van der Waals surface area (Å²) < 4.78 is 0. The van der Waals surface area contributed by atoms with Gasteiger partial charge in [0.2, 0.25) is 0 Å². The van der Waals surface area contributed by atoms with Gasteiger partial charge in [-0.05, 0) is 90.0 Å². The minimum atomic E-state index is 0.634. The first-order chi connectivity index (χ1) is 26.7. The van der Waals surface area contributed by atoms with Gasteiger partial charge in [0.1, 0.15) is 0 Å². The van der Waals surface area contributed by atoms with Crippen LogP contribution in [0.25, 0.3) is 99.9 Å². The van der Waals surface area contributed by atoms with Crippen molar-refractivity contribution in [3.63, 3.8) is 0 Å². The molecule has 1 aromatic heterocycles. The highest BCUT2D eigenvalue weighted by Crippen LogP contribution is 2.38. The lowest BCUT2D eigenvalue weighted by Crippen LogP contribution is -2.00. The average Bonchev–Trinajstić information content (AvgIpc) is 3.27. The molecule has 0 aliphatic carbocycles. The SMILES string of the molecule is c1ccc(-c2cccc(-c3cccc(-c4nc(-c5ccccc5)nc(-c5cccc(-c6ccc7c8ccccc8c8ccccc8c7c6)c5)n4)c3)c2)cc1. The number of benzene rings is 9. The van der Waals surface area contributed by atoms with E-state index in [9.17, 15) is 0 Å². The van der Waals surface area contributed by atoms with Crippen LogP contribution >= 0.6 is 0 Å². The van der Waals surface area contributed by atoms with Gasteiger partial charge in [-0.3, -0.25) is 0 Å². The van der Waals surface area contributed by atoms with E-state index in [0.717, 1.165) is 38.9 Å². The molecule has 0 radical (unpaired) electrons. The van der Waals surface area contributed by atoms with Crippen LogP contribution < -0.4 is 0 Å². The van der Waals surface area contributed by atoms with Gasteiger partial charge in [0.15, 0.2) is 17.5 Å². The minimum Gasteiger partial charge on any atom is -0.208 e. The van der Waals surface area contributed by atoms with Crippen LogP contribution in [-0.2, 0) is 0 Å². The third-order valence-electron chi connectivity index (χ3n) is 10.3. The van der Waals surface area contributed by atoms with Crippen molar-refractivity contribution < 1.29 is 0 Å². The third kappa shape index (κ3) is 5.78. The highest BCUT2D eigenvalue weighted by Gasteiger charge is 2.15. The molecule has 0 spiro atoms. The second-order valence-electron chi connectivity index (χ2n) is 13.6. The monoisotopic (exact) mass is 687 g/mol. The van der Waals surface area contributed by atoms with E-state index >= 15 is 0 Å². The van der Waals surface area contributed by atoms with Crippen LogP contribution in [0.3, 0.4) is 0 Å². The van der Waals surface area contributed by atoms with E-state index in [1.807, 2.05) is 36.4 Å². The topological polar surface area (TPSA) is 38.7 Å². The Morgan fingerprint density at radius 1 is 0.185 bits per heavy atom. The number of hydrogen-bond donors (Lipinski definition) is 0. The Hall–Kier alpha value is -7.23. The van der Waals surface area contributed by atoms with E-state index in [4.69, 9.17) is 15.0 Å². The number of hydrogen-bond acceptors (Lipinski definition) is 3. The first-order valence-corrected chi connectivity index (χ1v) is 18.3. The molecule has 0 unspecified atom stereocenters. The summed E-state index contributed by atoms with van der Waals surface area (Å²) in [4.78, 5) is 15.2. The van der Waals surface area contributed by atoms with Gasteiger partial charge < -0.3 is 0 Å². The Balaban J connectivity index is 1.08. The fourth-order valence-electron chi connectivity index (χ4n) is 7.62. The molecule has 0 atom stereocenters. The molecule has 0 aliphatic rings. The van der Waals surface area contributed by atoms with E-state index in [2.05, 4.69) is 164 Å². The molecule has 54 heavy (non-hydrogen) atoms. The van der Waals surface area contributed by atoms with Gasteiger partial charge in [0.25, 0.3) is 0 Å². The van der Waals surface area contributed by atoms with Crippen molar-refractivity contribution in [1.82, 2.24) is 15.0 Å². The smallest absolute Gasteiger partial charge is 0.164 e. The van der Waals surface area contributed by atoms with Crippen molar-refractivity contribution >= 4 is 32.3 Å². The van der Waals surface area contributed by atoms with E-state index in [1.54, 1.807) is 0 Å². The number of aromatic nitrogens is 3. The quantitative estimate of drug-likeness (QED) is 0.163. The van der Waals surface area contributed by atoms with E-state index in [-0.39, 0.29) is 0 Å². The standard InChI is InChI=1S/C51H33N3/c1-3-14-34(15-4-1)36-18-11-19-37(30-36)38-20-12-22-41(31-38)50-52-49(35-16-5-2-6-17-35)53-51(54-50)42-23-13-21-39(32-42)40-28-29-47-45-26-8-7-24-43(45)44-25-9-10-27-46(44)48(47)33-40/h1-33H. The number of nitrogens with zero attached hydrogens (tertiary/aromatic N) is 3. The zero-order valence-electron chi connectivity index (χ0n) is 29.4. The predicted molar refractivity (Wildman–Crippen MR) is 225 cm³/mol. The largest absolute Gasteiger partial charge is 0.208 e. The Bertz CT molecular complexity index is 2950. The molecule has 0 fully saturated rings. The van der Waals surface area contributed by atoms with Gasteiger partial charge in [-0.25, -0.2) is 15.0 Å². The Morgan fingerprint density at radius 2 is 0.500 bits per heavy atom. The van der Waals surface area contributed by atoms with Crippen molar-refractivity contribution in [1.29, 1.82) is 0 Å². The van der Waals surface area contributed by atoms with Crippen LogP contribution in [0.5, 0.6) is 0 Å². The van der Waals surface area contributed by atoms with Crippen LogP contribution in [0.4, 0.5) is 0 Å². The lowest BCUT2D eigenvalue weighted by atomic mass is 9.92. The lowest BCUT2D eigenvalue weighted by molar-refractivity contribution is 1.07. The molecule has 3 nitrogen and oxygen atoms in total. The van der Waals surface area contributed by atoms with E-state index in [0.29, 0.717) is 17.5 Å².